The maximum absolute atomic E-state index is 5.33. The average Bonchev–Trinajstić information content (AvgIpc) is 1.68. The van der Waals surface area contributed by atoms with E-state index in [1.165, 1.54) is 12.3 Å². The zero-order valence-electron chi connectivity index (χ0n) is 3.89. The molecule has 0 saturated carbocycles. The first kappa shape index (κ1) is 6.44. The molecule has 0 atom stereocenters. The zero-order valence-corrected chi connectivity index (χ0v) is 4.65. The molecule has 7 heavy (non-hydrogen) atoms. The van der Waals surface area contributed by atoms with E-state index in [2.05, 4.69) is 18.2 Å². The van der Waals surface area contributed by atoms with E-state index in [0.29, 0.717) is 5.17 Å². The minimum atomic E-state index is 0.370. The van der Waals surface area contributed by atoms with Crippen LogP contribution < -0.4 is 0 Å². The molecule has 0 fully saturated rings. The monoisotopic (exact) mass is 115 g/mol. The molecule has 0 rings (SSSR count). The van der Waals surface area contributed by atoms with E-state index < -0.39 is 0 Å². The van der Waals surface area contributed by atoms with Gasteiger partial charge in [-0.05, 0) is 6.08 Å². The number of hydrogen-bond acceptors (Lipinski definition) is 1. The van der Waals surface area contributed by atoms with E-state index in [1.54, 1.807) is 0 Å². The van der Waals surface area contributed by atoms with Crippen molar-refractivity contribution in [3.63, 3.8) is 0 Å². The topological polar surface area (TPSA) is 12.4 Å². The van der Waals surface area contributed by atoms with Crippen molar-refractivity contribution in [2.75, 3.05) is 0 Å². The standard InChI is InChI=1S/C5H6ClN/c1-3-5(6)7-4-2/h3-4H,1-2H2. The maximum atomic E-state index is 5.33. The van der Waals surface area contributed by atoms with Gasteiger partial charge in [0.25, 0.3) is 0 Å². The van der Waals surface area contributed by atoms with Crippen LogP contribution in [0.15, 0.2) is 30.4 Å². The number of halogens is 1. The Hall–Kier alpha value is -0.560. The molecule has 0 heterocycles. The van der Waals surface area contributed by atoms with E-state index in [0.717, 1.165) is 0 Å². The fourth-order valence-corrected chi connectivity index (χ4v) is 0.209. The molecule has 0 aliphatic rings. The Morgan fingerprint density at radius 1 is 1.57 bits per heavy atom. The summed E-state index contributed by atoms with van der Waals surface area (Å²) < 4.78 is 0. The molecule has 1 nitrogen and oxygen atoms in total. The SMILES string of the molecule is C=CN=C(Cl)C=C. The van der Waals surface area contributed by atoms with Crippen LogP contribution in [0.4, 0.5) is 0 Å². The highest BCUT2D eigenvalue weighted by molar-refractivity contribution is 6.68. The molecule has 0 aromatic carbocycles. The van der Waals surface area contributed by atoms with Crippen molar-refractivity contribution >= 4 is 16.8 Å². The summed E-state index contributed by atoms with van der Waals surface area (Å²) in [6.45, 7) is 6.70. The number of rotatable bonds is 2. The molecule has 0 amide bonds. The molecular weight excluding hydrogens is 110 g/mol. The molecule has 0 bridgehead atoms. The Balaban J connectivity index is 3.72. The van der Waals surface area contributed by atoms with Gasteiger partial charge in [-0.2, -0.15) is 0 Å². The molecule has 38 valence electrons. The number of aliphatic imine (C=N–C) groups is 1. The molecule has 0 saturated heterocycles. The van der Waals surface area contributed by atoms with Crippen molar-refractivity contribution in [3.05, 3.63) is 25.4 Å². The van der Waals surface area contributed by atoms with Crippen molar-refractivity contribution in [1.29, 1.82) is 0 Å². The molecule has 0 aromatic rings. The summed E-state index contributed by atoms with van der Waals surface area (Å²) in [5.41, 5.74) is 0. The Morgan fingerprint density at radius 3 is 2.29 bits per heavy atom. The summed E-state index contributed by atoms with van der Waals surface area (Å²) in [5.74, 6) is 0. The molecule has 0 aliphatic heterocycles. The molecule has 0 radical (unpaired) electrons. The van der Waals surface area contributed by atoms with Gasteiger partial charge in [0.2, 0.25) is 0 Å². The zero-order chi connectivity index (χ0) is 5.70. The fraction of sp³-hybridized carbons (Fsp3) is 0. The second-order valence-corrected chi connectivity index (χ2v) is 1.23. The third-order valence-electron chi connectivity index (χ3n) is 0.383. The van der Waals surface area contributed by atoms with Crippen LogP contribution in [-0.4, -0.2) is 5.17 Å². The largest absolute Gasteiger partial charge is 0.245 e. The van der Waals surface area contributed by atoms with Gasteiger partial charge in [-0.3, -0.25) is 0 Å². The number of allylic oxidation sites excluding steroid dienone is 1. The Kier molecular flexibility index (Phi) is 3.33. The predicted molar refractivity (Wildman–Crippen MR) is 33.7 cm³/mol. The van der Waals surface area contributed by atoms with Crippen LogP contribution in [0.2, 0.25) is 0 Å². The van der Waals surface area contributed by atoms with Crippen LogP contribution in [0.1, 0.15) is 0 Å². The van der Waals surface area contributed by atoms with Gasteiger partial charge in [0.05, 0.1) is 0 Å². The van der Waals surface area contributed by atoms with Gasteiger partial charge < -0.3 is 0 Å². The first-order chi connectivity index (χ1) is 3.31. The number of hydrogen-bond donors (Lipinski definition) is 0. The lowest BCUT2D eigenvalue weighted by molar-refractivity contribution is 1.62. The lowest BCUT2D eigenvalue weighted by atomic mass is 10.7. The summed E-state index contributed by atoms with van der Waals surface area (Å²) in [6.07, 6.45) is 2.81. The molecular formula is C5H6ClN. The third-order valence-corrected chi connectivity index (χ3v) is 0.635. The minimum absolute atomic E-state index is 0.370. The first-order valence-electron chi connectivity index (χ1n) is 1.78. The van der Waals surface area contributed by atoms with Gasteiger partial charge in [-0.25, -0.2) is 4.99 Å². The van der Waals surface area contributed by atoms with Gasteiger partial charge in [-0.15, -0.1) is 0 Å². The van der Waals surface area contributed by atoms with Gasteiger partial charge in [0.1, 0.15) is 5.17 Å². The molecule has 0 spiro atoms. The van der Waals surface area contributed by atoms with E-state index in [1.807, 2.05) is 0 Å². The number of nitrogens with zero attached hydrogens (tertiary/aromatic N) is 1. The molecule has 0 aromatic heterocycles. The van der Waals surface area contributed by atoms with Crippen molar-refractivity contribution in [3.8, 4) is 0 Å². The lowest BCUT2D eigenvalue weighted by Gasteiger charge is -1.76. The van der Waals surface area contributed by atoms with Crippen molar-refractivity contribution in [2.24, 2.45) is 4.99 Å². The summed E-state index contributed by atoms with van der Waals surface area (Å²) >= 11 is 5.33. The van der Waals surface area contributed by atoms with Crippen LogP contribution in [0.25, 0.3) is 0 Å². The highest BCUT2D eigenvalue weighted by Gasteiger charge is 1.74. The Morgan fingerprint density at radius 2 is 2.14 bits per heavy atom. The van der Waals surface area contributed by atoms with Crippen LogP contribution in [-0.2, 0) is 0 Å². The van der Waals surface area contributed by atoms with Crippen LogP contribution >= 0.6 is 11.6 Å². The van der Waals surface area contributed by atoms with Crippen LogP contribution in [0.3, 0.4) is 0 Å². The summed E-state index contributed by atoms with van der Waals surface area (Å²) in [5, 5.41) is 0.370. The van der Waals surface area contributed by atoms with Crippen molar-refractivity contribution in [2.45, 2.75) is 0 Å². The third kappa shape index (κ3) is 3.27. The summed E-state index contributed by atoms with van der Waals surface area (Å²) in [6, 6.07) is 0. The van der Waals surface area contributed by atoms with E-state index >= 15 is 0 Å². The predicted octanol–water partition coefficient (Wildman–Crippen LogP) is 1.95. The van der Waals surface area contributed by atoms with Crippen LogP contribution in [0.5, 0.6) is 0 Å². The second kappa shape index (κ2) is 3.62. The highest BCUT2D eigenvalue weighted by atomic mass is 35.5. The Labute approximate surface area is 48.0 Å². The van der Waals surface area contributed by atoms with Crippen LogP contribution in [0, 0.1) is 0 Å². The second-order valence-electron chi connectivity index (χ2n) is 0.839. The van der Waals surface area contributed by atoms with Gasteiger partial charge in [-0.1, -0.05) is 24.8 Å². The Bertz CT molecular complexity index is 105. The van der Waals surface area contributed by atoms with Gasteiger partial charge in [0.15, 0.2) is 0 Å². The van der Waals surface area contributed by atoms with E-state index in [-0.39, 0.29) is 0 Å². The maximum Gasteiger partial charge on any atom is 0.128 e. The fourth-order valence-electron chi connectivity index (χ4n) is 0.140. The lowest BCUT2D eigenvalue weighted by Crippen LogP contribution is -1.71. The first-order valence-corrected chi connectivity index (χ1v) is 2.15. The van der Waals surface area contributed by atoms with Gasteiger partial charge >= 0.3 is 0 Å². The smallest absolute Gasteiger partial charge is 0.128 e. The van der Waals surface area contributed by atoms with E-state index in [9.17, 15) is 0 Å². The van der Waals surface area contributed by atoms with Gasteiger partial charge in [0, 0.05) is 6.20 Å². The quantitative estimate of drug-likeness (QED) is 0.488. The van der Waals surface area contributed by atoms with Crippen molar-refractivity contribution in [1.82, 2.24) is 0 Å². The van der Waals surface area contributed by atoms with E-state index in [4.69, 9.17) is 11.6 Å². The molecule has 0 unspecified atom stereocenters. The molecule has 2 heteroatoms. The minimum Gasteiger partial charge on any atom is -0.245 e. The molecule has 0 N–H and O–H groups in total. The average molecular weight is 116 g/mol. The van der Waals surface area contributed by atoms with Crippen molar-refractivity contribution < 1.29 is 0 Å². The summed E-state index contributed by atoms with van der Waals surface area (Å²) in [7, 11) is 0. The highest BCUT2D eigenvalue weighted by Crippen LogP contribution is 1.84. The normalized spacial score (nSPS) is 10.7. The summed E-state index contributed by atoms with van der Waals surface area (Å²) in [4.78, 5) is 3.57. The molecule has 0 aliphatic carbocycles.